The molecule has 0 amide bonds. The third-order valence-corrected chi connectivity index (χ3v) is 3.70. The highest BCUT2D eigenvalue weighted by Gasteiger charge is 2.35. The lowest BCUT2D eigenvalue weighted by Crippen LogP contribution is -2.21. The van der Waals surface area contributed by atoms with Gasteiger partial charge < -0.3 is 5.11 Å². The molecular weight excluding hydrogens is 198 g/mol. The second-order valence-electron chi connectivity index (χ2n) is 4.68. The van der Waals surface area contributed by atoms with Crippen LogP contribution in [-0.4, -0.2) is 5.11 Å². The molecule has 1 fully saturated rings. The van der Waals surface area contributed by atoms with Gasteiger partial charge in [0.25, 0.3) is 0 Å². The van der Waals surface area contributed by atoms with Crippen molar-refractivity contribution in [3.05, 3.63) is 35.4 Å². The SMILES string of the molecule is N#CCC1(c2cccc(CO)c2)CCCC1. The number of hydrogen-bond acceptors (Lipinski definition) is 2. The highest BCUT2D eigenvalue weighted by atomic mass is 16.3. The Morgan fingerprint density at radius 1 is 1.31 bits per heavy atom. The molecule has 0 atom stereocenters. The Morgan fingerprint density at radius 3 is 2.69 bits per heavy atom. The zero-order chi connectivity index (χ0) is 11.4. The van der Waals surface area contributed by atoms with Crippen LogP contribution in [0.1, 0.15) is 43.2 Å². The van der Waals surface area contributed by atoms with Gasteiger partial charge in [0.2, 0.25) is 0 Å². The molecule has 1 aromatic carbocycles. The van der Waals surface area contributed by atoms with Gasteiger partial charge in [0, 0.05) is 11.8 Å². The van der Waals surface area contributed by atoms with Crippen molar-refractivity contribution in [1.82, 2.24) is 0 Å². The summed E-state index contributed by atoms with van der Waals surface area (Å²) in [6.45, 7) is 0.0798. The number of aliphatic hydroxyl groups excluding tert-OH is 1. The molecule has 1 aliphatic rings. The van der Waals surface area contributed by atoms with Crippen molar-refractivity contribution in [2.45, 2.75) is 44.1 Å². The fraction of sp³-hybridized carbons (Fsp3) is 0.500. The summed E-state index contributed by atoms with van der Waals surface area (Å²) in [5.41, 5.74) is 2.24. The van der Waals surface area contributed by atoms with Crippen molar-refractivity contribution < 1.29 is 5.11 Å². The van der Waals surface area contributed by atoms with Gasteiger partial charge in [-0.2, -0.15) is 5.26 Å². The van der Waals surface area contributed by atoms with E-state index in [1.165, 1.54) is 18.4 Å². The first-order chi connectivity index (χ1) is 7.80. The summed E-state index contributed by atoms with van der Waals surface area (Å²) in [6, 6.07) is 10.4. The van der Waals surface area contributed by atoms with Gasteiger partial charge in [0.05, 0.1) is 12.7 Å². The summed E-state index contributed by atoms with van der Waals surface area (Å²) in [7, 11) is 0. The second kappa shape index (κ2) is 4.67. The number of rotatable bonds is 3. The smallest absolute Gasteiger partial charge is 0.0681 e. The van der Waals surface area contributed by atoms with Crippen molar-refractivity contribution in [3.8, 4) is 6.07 Å². The van der Waals surface area contributed by atoms with Gasteiger partial charge in [-0.1, -0.05) is 37.1 Å². The van der Waals surface area contributed by atoms with E-state index in [4.69, 9.17) is 10.4 Å². The number of aliphatic hydroxyl groups is 1. The average molecular weight is 215 g/mol. The van der Waals surface area contributed by atoms with Gasteiger partial charge >= 0.3 is 0 Å². The van der Waals surface area contributed by atoms with Crippen LogP contribution < -0.4 is 0 Å². The molecule has 1 aromatic rings. The van der Waals surface area contributed by atoms with Crippen LogP contribution in [0.4, 0.5) is 0 Å². The van der Waals surface area contributed by atoms with Crippen LogP contribution in [0.5, 0.6) is 0 Å². The molecule has 16 heavy (non-hydrogen) atoms. The number of nitrogens with zero attached hydrogens (tertiary/aromatic N) is 1. The standard InChI is InChI=1S/C14H17NO/c15-9-8-14(6-1-2-7-14)13-5-3-4-12(10-13)11-16/h3-5,10,16H,1-2,6-8,11H2. The summed E-state index contributed by atoms with van der Waals surface area (Å²) >= 11 is 0. The van der Waals surface area contributed by atoms with Crippen molar-refractivity contribution in [3.63, 3.8) is 0 Å². The Labute approximate surface area is 96.5 Å². The van der Waals surface area contributed by atoms with E-state index >= 15 is 0 Å². The first kappa shape index (κ1) is 11.2. The van der Waals surface area contributed by atoms with E-state index in [-0.39, 0.29) is 12.0 Å². The largest absolute Gasteiger partial charge is 0.392 e. The Kier molecular flexibility index (Phi) is 3.26. The molecule has 0 unspecified atom stereocenters. The number of benzene rings is 1. The van der Waals surface area contributed by atoms with Crippen molar-refractivity contribution in [1.29, 1.82) is 5.26 Å². The average Bonchev–Trinajstić information content (AvgIpc) is 2.80. The Hall–Kier alpha value is -1.33. The lowest BCUT2D eigenvalue weighted by molar-refractivity contribution is 0.281. The fourth-order valence-corrected chi connectivity index (χ4v) is 2.77. The molecule has 1 N–H and O–H groups in total. The monoisotopic (exact) mass is 215 g/mol. The van der Waals surface area contributed by atoms with Crippen molar-refractivity contribution in [2.75, 3.05) is 0 Å². The van der Waals surface area contributed by atoms with E-state index in [0.717, 1.165) is 18.4 Å². The third-order valence-electron chi connectivity index (χ3n) is 3.70. The molecule has 0 radical (unpaired) electrons. The normalized spacial score (nSPS) is 18.2. The van der Waals surface area contributed by atoms with Crippen LogP contribution in [-0.2, 0) is 12.0 Å². The summed E-state index contributed by atoms with van der Waals surface area (Å²) in [6.07, 6.45) is 5.24. The molecule has 2 nitrogen and oxygen atoms in total. The molecule has 0 spiro atoms. The molecule has 1 aliphatic carbocycles. The van der Waals surface area contributed by atoms with Gasteiger partial charge in [0.15, 0.2) is 0 Å². The molecule has 84 valence electrons. The highest BCUT2D eigenvalue weighted by Crippen LogP contribution is 2.43. The van der Waals surface area contributed by atoms with Crippen LogP contribution >= 0.6 is 0 Å². The molecule has 0 aromatic heterocycles. The molecule has 1 saturated carbocycles. The molecule has 0 aliphatic heterocycles. The van der Waals surface area contributed by atoms with Gasteiger partial charge in [-0.05, 0) is 24.0 Å². The minimum Gasteiger partial charge on any atom is -0.392 e. The Bertz CT molecular complexity index is 399. The van der Waals surface area contributed by atoms with Gasteiger partial charge in [0.1, 0.15) is 0 Å². The number of hydrogen-bond donors (Lipinski definition) is 1. The van der Waals surface area contributed by atoms with Crippen molar-refractivity contribution in [2.24, 2.45) is 0 Å². The summed E-state index contributed by atoms with van der Waals surface area (Å²) in [5, 5.41) is 18.1. The van der Waals surface area contributed by atoms with E-state index in [0.29, 0.717) is 6.42 Å². The van der Waals surface area contributed by atoms with E-state index in [1.807, 2.05) is 12.1 Å². The van der Waals surface area contributed by atoms with Crippen LogP contribution in [0.25, 0.3) is 0 Å². The quantitative estimate of drug-likeness (QED) is 0.842. The maximum Gasteiger partial charge on any atom is 0.0681 e. The van der Waals surface area contributed by atoms with Crippen LogP contribution in [0.3, 0.4) is 0 Å². The first-order valence-corrected chi connectivity index (χ1v) is 5.88. The van der Waals surface area contributed by atoms with E-state index in [1.54, 1.807) is 0 Å². The van der Waals surface area contributed by atoms with Gasteiger partial charge in [-0.3, -0.25) is 0 Å². The molecule has 0 bridgehead atoms. The maximum absolute atomic E-state index is 9.15. The Morgan fingerprint density at radius 2 is 2.06 bits per heavy atom. The first-order valence-electron chi connectivity index (χ1n) is 5.88. The third kappa shape index (κ3) is 1.96. The van der Waals surface area contributed by atoms with E-state index < -0.39 is 0 Å². The summed E-state index contributed by atoms with van der Waals surface area (Å²) in [5.74, 6) is 0. The fourth-order valence-electron chi connectivity index (χ4n) is 2.77. The summed E-state index contributed by atoms with van der Waals surface area (Å²) in [4.78, 5) is 0. The summed E-state index contributed by atoms with van der Waals surface area (Å²) < 4.78 is 0. The molecular formula is C14H17NO. The van der Waals surface area contributed by atoms with Crippen LogP contribution in [0.2, 0.25) is 0 Å². The zero-order valence-corrected chi connectivity index (χ0v) is 9.45. The second-order valence-corrected chi connectivity index (χ2v) is 4.68. The molecule has 0 heterocycles. The Balaban J connectivity index is 2.35. The van der Waals surface area contributed by atoms with Crippen molar-refractivity contribution >= 4 is 0 Å². The van der Waals surface area contributed by atoms with E-state index in [9.17, 15) is 0 Å². The van der Waals surface area contributed by atoms with E-state index in [2.05, 4.69) is 18.2 Å². The minimum atomic E-state index is 0.0555. The minimum absolute atomic E-state index is 0.0555. The molecule has 0 saturated heterocycles. The molecule has 2 rings (SSSR count). The van der Waals surface area contributed by atoms with Crippen LogP contribution in [0.15, 0.2) is 24.3 Å². The van der Waals surface area contributed by atoms with Gasteiger partial charge in [-0.15, -0.1) is 0 Å². The maximum atomic E-state index is 9.15. The lowest BCUT2D eigenvalue weighted by atomic mass is 9.76. The predicted octanol–water partition coefficient (Wildman–Crippen LogP) is 2.90. The number of nitriles is 1. The van der Waals surface area contributed by atoms with Crippen LogP contribution in [0, 0.1) is 11.3 Å². The zero-order valence-electron chi connectivity index (χ0n) is 9.45. The topological polar surface area (TPSA) is 44.0 Å². The lowest BCUT2D eigenvalue weighted by Gasteiger charge is -2.27. The van der Waals surface area contributed by atoms with Gasteiger partial charge in [-0.25, -0.2) is 0 Å². The predicted molar refractivity (Wildman–Crippen MR) is 62.7 cm³/mol. The highest BCUT2D eigenvalue weighted by molar-refractivity contribution is 5.32. The molecule has 2 heteroatoms.